The largest absolute Gasteiger partial charge is 0.496 e. The molecule has 0 aliphatic heterocycles. The summed E-state index contributed by atoms with van der Waals surface area (Å²) < 4.78 is 11.1. The molecule has 2 heterocycles. The van der Waals surface area contributed by atoms with Crippen molar-refractivity contribution in [3.05, 3.63) is 82.1 Å². The van der Waals surface area contributed by atoms with Crippen LogP contribution in [-0.4, -0.2) is 28.2 Å². The van der Waals surface area contributed by atoms with Crippen LogP contribution in [0.25, 0.3) is 0 Å². The molecular formula is C22H20N4O3S2. The lowest BCUT2D eigenvalue weighted by molar-refractivity contribution is -0.115. The summed E-state index contributed by atoms with van der Waals surface area (Å²) in [5.41, 5.74) is 2.64. The Hall–Kier alpha value is -3.17. The number of carbonyl (C=O) groups excluding carboxylic acids is 1. The number of hydrogen-bond donors (Lipinski definition) is 1. The molecule has 4 rings (SSSR count). The number of nitrogens with one attached hydrogen (secondary N) is 1. The molecule has 0 atom stereocenters. The van der Waals surface area contributed by atoms with Gasteiger partial charge in [-0.15, -0.1) is 21.5 Å². The van der Waals surface area contributed by atoms with Crippen LogP contribution in [0.15, 0.2) is 69.6 Å². The van der Waals surface area contributed by atoms with Crippen molar-refractivity contribution in [3.8, 4) is 5.75 Å². The molecule has 0 saturated carbocycles. The molecule has 4 aromatic rings. The van der Waals surface area contributed by atoms with Gasteiger partial charge >= 0.3 is 0 Å². The van der Waals surface area contributed by atoms with Crippen LogP contribution in [0.2, 0.25) is 0 Å². The predicted molar refractivity (Wildman–Crippen MR) is 121 cm³/mol. The summed E-state index contributed by atoms with van der Waals surface area (Å²) in [6, 6.07) is 17.1. The lowest BCUT2D eigenvalue weighted by Gasteiger charge is -2.05. The fraction of sp³-hybridized carbons (Fsp3) is 0.182. The molecule has 2 aromatic heterocycles. The van der Waals surface area contributed by atoms with E-state index in [2.05, 4.69) is 20.5 Å². The third kappa shape index (κ3) is 5.93. The van der Waals surface area contributed by atoms with E-state index in [-0.39, 0.29) is 12.3 Å². The van der Waals surface area contributed by atoms with E-state index in [4.69, 9.17) is 9.15 Å². The summed E-state index contributed by atoms with van der Waals surface area (Å²) in [7, 11) is 1.64. The van der Waals surface area contributed by atoms with Gasteiger partial charge < -0.3 is 14.5 Å². The molecule has 1 amide bonds. The van der Waals surface area contributed by atoms with Crippen LogP contribution in [0.4, 0.5) is 5.69 Å². The fourth-order valence-electron chi connectivity index (χ4n) is 2.88. The zero-order valence-electron chi connectivity index (χ0n) is 16.8. The van der Waals surface area contributed by atoms with Gasteiger partial charge in [-0.2, -0.15) is 0 Å². The second-order valence-electron chi connectivity index (χ2n) is 6.56. The van der Waals surface area contributed by atoms with Crippen molar-refractivity contribution in [3.63, 3.8) is 0 Å². The van der Waals surface area contributed by atoms with Gasteiger partial charge in [-0.1, -0.05) is 48.2 Å². The number of hydrogen-bond acceptors (Lipinski definition) is 8. The van der Waals surface area contributed by atoms with Gasteiger partial charge in [-0.05, 0) is 18.2 Å². The number of thioether (sulfide) groups is 1. The van der Waals surface area contributed by atoms with Crippen LogP contribution < -0.4 is 10.1 Å². The standard InChI is InChI=1S/C22H20N4O3S2/c1-28-18-10-6-5-7-15(18)11-20-25-26-22(29-20)31-14-17-13-30-21(24-17)12-19(27)23-16-8-3-2-4-9-16/h2-10,13H,11-12,14H2,1H3,(H,23,27). The number of thiazole rings is 1. The molecule has 0 radical (unpaired) electrons. The monoisotopic (exact) mass is 452 g/mol. The number of para-hydroxylation sites is 2. The zero-order chi connectivity index (χ0) is 21.5. The minimum Gasteiger partial charge on any atom is -0.496 e. The van der Waals surface area contributed by atoms with Gasteiger partial charge in [0.2, 0.25) is 11.8 Å². The Labute approximate surface area is 187 Å². The highest BCUT2D eigenvalue weighted by molar-refractivity contribution is 7.98. The van der Waals surface area contributed by atoms with Gasteiger partial charge in [0.15, 0.2) is 0 Å². The number of rotatable bonds is 9. The highest BCUT2D eigenvalue weighted by Gasteiger charge is 2.13. The molecule has 0 bridgehead atoms. The molecule has 7 nitrogen and oxygen atoms in total. The number of aromatic nitrogens is 3. The van der Waals surface area contributed by atoms with Crippen molar-refractivity contribution in [2.75, 3.05) is 12.4 Å². The van der Waals surface area contributed by atoms with Crippen LogP contribution >= 0.6 is 23.1 Å². The molecule has 31 heavy (non-hydrogen) atoms. The van der Waals surface area contributed by atoms with Gasteiger partial charge in [0.25, 0.3) is 5.22 Å². The van der Waals surface area contributed by atoms with E-state index in [9.17, 15) is 4.79 Å². The first-order chi connectivity index (χ1) is 15.2. The Morgan fingerprint density at radius 1 is 1.13 bits per heavy atom. The van der Waals surface area contributed by atoms with E-state index in [0.29, 0.717) is 23.3 Å². The van der Waals surface area contributed by atoms with Crippen molar-refractivity contribution in [1.29, 1.82) is 0 Å². The highest BCUT2D eigenvalue weighted by Crippen LogP contribution is 2.25. The maximum absolute atomic E-state index is 12.2. The summed E-state index contributed by atoms with van der Waals surface area (Å²) in [4.78, 5) is 16.7. The SMILES string of the molecule is COc1ccccc1Cc1nnc(SCc2csc(CC(=O)Nc3ccccc3)n2)o1. The van der Waals surface area contributed by atoms with Crippen molar-refractivity contribution < 1.29 is 13.9 Å². The summed E-state index contributed by atoms with van der Waals surface area (Å²) in [6.07, 6.45) is 0.753. The number of methoxy groups -OCH3 is 1. The summed E-state index contributed by atoms with van der Waals surface area (Å²) >= 11 is 2.89. The maximum atomic E-state index is 12.2. The van der Waals surface area contributed by atoms with E-state index in [0.717, 1.165) is 27.7 Å². The first-order valence-corrected chi connectivity index (χ1v) is 11.4. The van der Waals surface area contributed by atoms with Gasteiger partial charge in [0.05, 0.1) is 25.6 Å². The van der Waals surface area contributed by atoms with E-state index < -0.39 is 0 Å². The second kappa shape index (κ2) is 10.2. The average molecular weight is 453 g/mol. The summed E-state index contributed by atoms with van der Waals surface area (Å²) in [5.74, 6) is 1.83. The first kappa shape index (κ1) is 21.1. The first-order valence-electron chi connectivity index (χ1n) is 9.55. The van der Waals surface area contributed by atoms with Crippen LogP contribution in [0.5, 0.6) is 5.75 Å². The second-order valence-corrected chi connectivity index (χ2v) is 8.43. The molecular weight excluding hydrogens is 432 g/mol. The molecule has 0 spiro atoms. The number of benzene rings is 2. The quantitative estimate of drug-likeness (QED) is 0.371. The van der Waals surface area contributed by atoms with E-state index >= 15 is 0 Å². The lowest BCUT2D eigenvalue weighted by atomic mass is 10.1. The highest BCUT2D eigenvalue weighted by atomic mass is 32.2. The molecule has 0 aliphatic rings. The average Bonchev–Trinajstić information content (AvgIpc) is 3.42. The Balaban J connectivity index is 1.28. The summed E-state index contributed by atoms with van der Waals surface area (Å²) in [6.45, 7) is 0. The molecule has 0 aliphatic carbocycles. The van der Waals surface area contributed by atoms with Crippen LogP contribution in [0, 0.1) is 0 Å². The predicted octanol–water partition coefficient (Wildman–Crippen LogP) is 4.60. The number of nitrogens with zero attached hydrogens (tertiary/aromatic N) is 3. The fourth-order valence-corrected chi connectivity index (χ4v) is 4.45. The number of anilines is 1. The van der Waals surface area contributed by atoms with Gasteiger partial charge in [0, 0.05) is 22.4 Å². The van der Waals surface area contributed by atoms with E-state index in [1.165, 1.54) is 23.1 Å². The number of ether oxygens (including phenoxy) is 1. The lowest BCUT2D eigenvalue weighted by Crippen LogP contribution is -2.14. The van der Waals surface area contributed by atoms with E-state index in [1.54, 1.807) is 7.11 Å². The minimum absolute atomic E-state index is 0.0855. The van der Waals surface area contributed by atoms with Gasteiger partial charge in [0.1, 0.15) is 10.8 Å². The third-order valence-electron chi connectivity index (χ3n) is 4.29. The molecule has 9 heteroatoms. The van der Waals surface area contributed by atoms with E-state index in [1.807, 2.05) is 60.0 Å². The van der Waals surface area contributed by atoms with Crippen molar-refractivity contribution in [1.82, 2.24) is 15.2 Å². The molecule has 158 valence electrons. The van der Waals surface area contributed by atoms with Crippen molar-refractivity contribution in [2.45, 2.75) is 23.8 Å². The third-order valence-corrected chi connectivity index (χ3v) is 6.04. The van der Waals surface area contributed by atoms with Gasteiger partial charge in [-0.25, -0.2) is 4.98 Å². The minimum atomic E-state index is -0.0855. The Bertz CT molecular complexity index is 1140. The topological polar surface area (TPSA) is 90.1 Å². The Morgan fingerprint density at radius 2 is 1.94 bits per heavy atom. The number of carbonyl (C=O) groups is 1. The van der Waals surface area contributed by atoms with Crippen LogP contribution in [0.1, 0.15) is 22.2 Å². The smallest absolute Gasteiger partial charge is 0.276 e. The Kier molecular flexibility index (Phi) is 6.96. The zero-order valence-corrected chi connectivity index (χ0v) is 18.4. The molecule has 0 saturated heterocycles. The van der Waals surface area contributed by atoms with Crippen LogP contribution in [-0.2, 0) is 23.4 Å². The van der Waals surface area contributed by atoms with Crippen molar-refractivity contribution >= 4 is 34.7 Å². The van der Waals surface area contributed by atoms with Gasteiger partial charge in [-0.3, -0.25) is 4.79 Å². The molecule has 0 unspecified atom stereocenters. The Morgan fingerprint density at radius 3 is 2.77 bits per heavy atom. The maximum Gasteiger partial charge on any atom is 0.276 e. The molecule has 1 N–H and O–H groups in total. The van der Waals surface area contributed by atoms with Crippen molar-refractivity contribution in [2.24, 2.45) is 0 Å². The molecule has 0 fully saturated rings. The van der Waals surface area contributed by atoms with Crippen LogP contribution in [0.3, 0.4) is 0 Å². The summed E-state index contributed by atoms with van der Waals surface area (Å²) in [5, 5.41) is 14.3. The molecule has 2 aromatic carbocycles. The number of amides is 1. The normalized spacial score (nSPS) is 10.7.